The molecule has 0 saturated heterocycles. The summed E-state index contributed by atoms with van der Waals surface area (Å²) in [6.45, 7) is 3.54. The van der Waals surface area contributed by atoms with E-state index in [2.05, 4.69) is 42.6 Å². The van der Waals surface area contributed by atoms with Crippen molar-refractivity contribution in [3.05, 3.63) is 53.7 Å². The van der Waals surface area contributed by atoms with Gasteiger partial charge in [0.1, 0.15) is 5.82 Å². The van der Waals surface area contributed by atoms with E-state index in [1.54, 1.807) is 6.20 Å². The van der Waals surface area contributed by atoms with Gasteiger partial charge < -0.3 is 9.47 Å². The first-order chi connectivity index (χ1) is 10.1. The Labute approximate surface area is 124 Å². The third-order valence-corrected chi connectivity index (χ3v) is 3.35. The Morgan fingerprint density at radius 2 is 2.00 bits per heavy atom. The molecule has 3 heterocycles. The summed E-state index contributed by atoms with van der Waals surface area (Å²) in [5.74, 6) is 1.01. The van der Waals surface area contributed by atoms with Crippen molar-refractivity contribution in [2.24, 2.45) is 0 Å². The maximum Gasteiger partial charge on any atom is 0.177 e. The summed E-state index contributed by atoms with van der Waals surface area (Å²) in [4.78, 5) is 15.6. The van der Waals surface area contributed by atoms with E-state index in [0.717, 1.165) is 29.2 Å². The fourth-order valence-corrected chi connectivity index (χ4v) is 2.34. The zero-order valence-electron chi connectivity index (χ0n) is 12.6. The molecule has 0 amide bonds. The molecule has 0 atom stereocenters. The molecule has 3 aromatic heterocycles. The Bertz CT molecular complexity index is 743. The lowest BCUT2D eigenvalue weighted by molar-refractivity contribution is 0.383. The average Bonchev–Trinajstić information content (AvgIpc) is 2.78. The predicted octanol–water partition coefficient (Wildman–Crippen LogP) is 2.24. The lowest BCUT2D eigenvalue weighted by Crippen LogP contribution is -2.16. The molecule has 3 aromatic rings. The van der Waals surface area contributed by atoms with Crippen LogP contribution in [0.5, 0.6) is 0 Å². The van der Waals surface area contributed by atoms with Crippen LogP contribution in [0.2, 0.25) is 0 Å². The molecule has 0 N–H and O–H groups in total. The second-order valence-electron chi connectivity index (χ2n) is 5.52. The van der Waals surface area contributed by atoms with Gasteiger partial charge in [0.05, 0.1) is 24.3 Å². The third kappa shape index (κ3) is 2.92. The van der Waals surface area contributed by atoms with E-state index in [4.69, 9.17) is 0 Å². The number of aryl methyl sites for hydroxylation is 1. The lowest BCUT2D eigenvalue weighted by Gasteiger charge is -2.12. The van der Waals surface area contributed by atoms with Crippen molar-refractivity contribution in [2.75, 3.05) is 14.1 Å². The van der Waals surface area contributed by atoms with Crippen molar-refractivity contribution in [3.8, 4) is 0 Å². The minimum atomic E-state index is 0.714. The number of pyridine rings is 2. The van der Waals surface area contributed by atoms with Crippen molar-refractivity contribution in [1.82, 2.24) is 24.4 Å². The Kier molecular flexibility index (Phi) is 3.66. The van der Waals surface area contributed by atoms with E-state index in [-0.39, 0.29) is 0 Å². The molecule has 0 aliphatic rings. The Morgan fingerprint density at radius 3 is 2.71 bits per heavy atom. The number of hydrogen-bond acceptors (Lipinski definition) is 4. The highest BCUT2D eigenvalue weighted by molar-refractivity contribution is 5.71. The Morgan fingerprint density at radius 1 is 1.14 bits per heavy atom. The van der Waals surface area contributed by atoms with Crippen LogP contribution in [-0.4, -0.2) is 38.5 Å². The molecule has 5 heteroatoms. The van der Waals surface area contributed by atoms with E-state index in [1.807, 2.05) is 33.3 Å². The van der Waals surface area contributed by atoms with Crippen LogP contribution >= 0.6 is 0 Å². The Balaban J connectivity index is 2.03. The molecule has 0 aliphatic carbocycles. The predicted molar refractivity (Wildman–Crippen MR) is 83.0 cm³/mol. The summed E-state index contributed by atoms with van der Waals surface area (Å²) < 4.78 is 2.19. The second kappa shape index (κ2) is 5.61. The van der Waals surface area contributed by atoms with Gasteiger partial charge in [0, 0.05) is 12.4 Å². The molecule has 0 bridgehead atoms. The first kappa shape index (κ1) is 13.7. The molecule has 0 radical (unpaired) electrons. The maximum atomic E-state index is 4.65. The van der Waals surface area contributed by atoms with Crippen molar-refractivity contribution in [1.29, 1.82) is 0 Å². The van der Waals surface area contributed by atoms with Gasteiger partial charge in [-0.3, -0.25) is 4.98 Å². The molecule has 0 unspecified atom stereocenters. The largest absolute Gasteiger partial charge is 0.319 e. The topological polar surface area (TPSA) is 46.8 Å². The molecule has 0 aliphatic heterocycles. The van der Waals surface area contributed by atoms with Gasteiger partial charge in [-0.15, -0.1) is 0 Å². The van der Waals surface area contributed by atoms with Crippen LogP contribution in [-0.2, 0) is 13.1 Å². The van der Waals surface area contributed by atoms with Gasteiger partial charge in [0.25, 0.3) is 0 Å². The molecule has 108 valence electrons. The number of aromatic nitrogens is 4. The van der Waals surface area contributed by atoms with Crippen LogP contribution in [0.3, 0.4) is 0 Å². The summed E-state index contributed by atoms with van der Waals surface area (Å²) in [7, 11) is 4.09. The fourth-order valence-electron chi connectivity index (χ4n) is 2.34. The highest BCUT2D eigenvalue weighted by Crippen LogP contribution is 2.16. The van der Waals surface area contributed by atoms with Gasteiger partial charge in [-0.2, -0.15) is 0 Å². The molecule has 0 aromatic carbocycles. The van der Waals surface area contributed by atoms with Crippen molar-refractivity contribution >= 4 is 11.2 Å². The van der Waals surface area contributed by atoms with Gasteiger partial charge in [-0.1, -0.05) is 6.07 Å². The average molecular weight is 281 g/mol. The zero-order valence-corrected chi connectivity index (χ0v) is 12.6. The molecular weight excluding hydrogens is 262 g/mol. The van der Waals surface area contributed by atoms with Gasteiger partial charge in [-0.25, -0.2) is 9.97 Å². The van der Waals surface area contributed by atoms with E-state index in [1.165, 1.54) is 5.56 Å². The third-order valence-electron chi connectivity index (χ3n) is 3.35. The van der Waals surface area contributed by atoms with Crippen LogP contribution in [0.15, 0.2) is 36.7 Å². The second-order valence-corrected chi connectivity index (χ2v) is 5.52. The van der Waals surface area contributed by atoms with Crippen LogP contribution in [0, 0.1) is 6.92 Å². The van der Waals surface area contributed by atoms with Crippen molar-refractivity contribution in [2.45, 2.75) is 20.0 Å². The first-order valence-electron chi connectivity index (χ1n) is 7.00. The van der Waals surface area contributed by atoms with E-state index in [9.17, 15) is 0 Å². The standard InChI is InChI=1S/C16H19N5/c1-12-6-7-13(18-9-12)10-21-14-5-4-8-17-16(14)19-15(21)11-20(2)3/h4-9H,10-11H2,1-3H3. The van der Waals surface area contributed by atoms with E-state index >= 15 is 0 Å². The van der Waals surface area contributed by atoms with Gasteiger partial charge in [0.15, 0.2) is 5.65 Å². The molecule has 0 spiro atoms. The highest BCUT2D eigenvalue weighted by atomic mass is 15.2. The minimum absolute atomic E-state index is 0.714. The zero-order chi connectivity index (χ0) is 14.8. The molecule has 0 saturated carbocycles. The monoisotopic (exact) mass is 281 g/mol. The smallest absolute Gasteiger partial charge is 0.177 e. The van der Waals surface area contributed by atoms with E-state index in [0.29, 0.717) is 6.54 Å². The Hall–Kier alpha value is -2.27. The van der Waals surface area contributed by atoms with Gasteiger partial charge in [0.2, 0.25) is 0 Å². The van der Waals surface area contributed by atoms with Gasteiger partial charge >= 0.3 is 0 Å². The molecule has 21 heavy (non-hydrogen) atoms. The SMILES string of the molecule is Cc1ccc(Cn2c(CN(C)C)nc3ncccc32)nc1. The highest BCUT2D eigenvalue weighted by Gasteiger charge is 2.12. The lowest BCUT2D eigenvalue weighted by atomic mass is 10.2. The fraction of sp³-hybridized carbons (Fsp3) is 0.312. The number of imidazole rings is 1. The minimum Gasteiger partial charge on any atom is -0.319 e. The summed E-state index contributed by atoms with van der Waals surface area (Å²) >= 11 is 0. The number of fused-ring (bicyclic) bond motifs is 1. The molecule has 5 nitrogen and oxygen atoms in total. The van der Waals surface area contributed by atoms with Crippen molar-refractivity contribution < 1.29 is 0 Å². The molecular formula is C16H19N5. The number of rotatable bonds is 4. The quantitative estimate of drug-likeness (QED) is 0.736. The van der Waals surface area contributed by atoms with Gasteiger partial charge in [-0.05, 0) is 44.8 Å². The molecule has 3 rings (SSSR count). The number of hydrogen-bond donors (Lipinski definition) is 0. The van der Waals surface area contributed by atoms with E-state index < -0.39 is 0 Å². The summed E-state index contributed by atoms with van der Waals surface area (Å²) in [6.07, 6.45) is 3.68. The maximum absolute atomic E-state index is 4.65. The summed E-state index contributed by atoms with van der Waals surface area (Å²) in [5, 5.41) is 0. The van der Waals surface area contributed by atoms with Crippen molar-refractivity contribution in [3.63, 3.8) is 0 Å². The normalized spacial score (nSPS) is 11.4. The van der Waals surface area contributed by atoms with Crippen LogP contribution in [0.1, 0.15) is 17.1 Å². The van der Waals surface area contributed by atoms with Crippen LogP contribution in [0.25, 0.3) is 11.2 Å². The summed E-state index contributed by atoms with van der Waals surface area (Å²) in [5.41, 5.74) is 4.05. The first-order valence-corrected chi connectivity index (χ1v) is 7.00. The summed E-state index contributed by atoms with van der Waals surface area (Å²) in [6, 6.07) is 8.16. The molecule has 0 fully saturated rings. The number of nitrogens with zero attached hydrogens (tertiary/aromatic N) is 5. The van der Waals surface area contributed by atoms with Crippen LogP contribution in [0.4, 0.5) is 0 Å². The van der Waals surface area contributed by atoms with Crippen LogP contribution < -0.4 is 0 Å².